The van der Waals surface area contributed by atoms with Gasteiger partial charge in [0.05, 0.1) is 23.4 Å². The molecule has 2 amide bonds. The van der Waals surface area contributed by atoms with Crippen LogP contribution in [0.4, 0.5) is 16.2 Å². The molecular formula is C31H39N5O3S. The summed E-state index contributed by atoms with van der Waals surface area (Å²) in [5, 5.41) is 5.10. The molecule has 0 atom stereocenters. The zero-order valence-electron chi connectivity index (χ0n) is 23.3. The molecule has 0 unspecified atom stereocenters. The molecule has 1 saturated heterocycles. The summed E-state index contributed by atoms with van der Waals surface area (Å²) in [4.78, 5) is 33.0. The third kappa shape index (κ3) is 6.66. The van der Waals surface area contributed by atoms with Gasteiger partial charge in [-0.3, -0.25) is 4.79 Å². The molecule has 2 aromatic carbocycles. The normalized spacial score (nSPS) is 19.7. The van der Waals surface area contributed by atoms with Gasteiger partial charge in [-0.1, -0.05) is 30.3 Å². The molecule has 3 aromatic rings. The number of methoxy groups -OCH3 is 1. The summed E-state index contributed by atoms with van der Waals surface area (Å²) in [5.74, 6) is -0.0998. The Bertz CT molecular complexity index is 1300. The number of thiophene rings is 1. The minimum Gasteiger partial charge on any atom is -0.453 e. The van der Waals surface area contributed by atoms with Crippen molar-refractivity contribution < 1.29 is 14.3 Å². The molecule has 9 heteroatoms. The highest BCUT2D eigenvalue weighted by atomic mass is 32.1. The van der Waals surface area contributed by atoms with Crippen LogP contribution in [0.3, 0.4) is 0 Å². The topological polar surface area (TPSA) is 91.1 Å². The molecule has 8 nitrogen and oxygen atoms in total. The lowest BCUT2D eigenvalue weighted by Crippen LogP contribution is -2.44. The first-order chi connectivity index (χ1) is 19.4. The number of carbonyl (C=O) groups is 2. The molecule has 0 radical (unpaired) electrons. The van der Waals surface area contributed by atoms with Crippen molar-refractivity contribution in [2.75, 3.05) is 50.6 Å². The average molecular weight is 562 g/mol. The van der Waals surface area contributed by atoms with E-state index in [2.05, 4.69) is 52.5 Å². The minimum absolute atomic E-state index is 0.0998. The summed E-state index contributed by atoms with van der Waals surface area (Å²) in [5.41, 5.74) is 11.0. The van der Waals surface area contributed by atoms with Gasteiger partial charge in [0.1, 0.15) is 0 Å². The van der Waals surface area contributed by atoms with E-state index in [0.717, 1.165) is 79.9 Å². The summed E-state index contributed by atoms with van der Waals surface area (Å²) >= 11 is 1.43. The Morgan fingerprint density at radius 3 is 2.45 bits per heavy atom. The largest absolute Gasteiger partial charge is 0.453 e. The number of likely N-dealkylation sites (N-methyl/N-ethyl adjacent to an activating group) is 1. The highest BCUT2D eigenvalue weighted by Gasteiger charge is 2.28. The number of carbonyl (C=O) groups excluding carboxylic acids is 2. The van der Waals surface area contributed by atoms with E-state index in [9.17, 15) is 9.59 Å². The van der Waals surface area contributed by atoms with E-state index in [1.165, 1.54) is 18.4 Å². The molecule has 3 N–H and O–H groups in total. The molecule has 5 rings (SSSR count). The first-order valence-electron chi connectivity index (χ1n) is 14.0. The number of hydrogen-bond donors (Lipinski definition) is 2. The third-order valence-corrected chi connectivity index (χ3v) is 8.91. The van der Waals surface area contributed by atoms with Crippen LogP contribution in [-0.4, -0.2) is 74.2 Å². The Hall–Kier alpha value is -3.40. The molecule has 2 aliphatic rings. The zero-order chi connectivity index (χ0) is 28.1. The average Bonchev–Trinajstić information content (AvgIpc) is 3.52. The van der Waals surface area contributed by atoms with Gasteiger partial charge in [-0.05, 0) is 79.1 Å². The highest BCUT2D eigenvalue weighted by molar-refractivity contribution is 7.12. The predicted octanol–water partition coefficient (Wildman–Crippen LogP) is 5.26. The van der Waals surface area contributed by atoms with E-state index in [4.69, 9.17) is 10.5 Å². The standard InChI is InChI=1S/C31H39N5O3S/c1-34-14-16-35(17-15-34)28-13-8-24(20-27(28)33-30(37)29-7-4-18-40-29)23-6-3-5-22(19-23)21-36(31(38)39-2)26-11-9-25(32)10-12-26/h3-8,13,18-20,25-26H,9-12,14-17,21,32H2,1-2H3,(H,33,37). The van der Waals surface area contributed by atoms with Crippen molar-refractivity contribution in [3.8, 4) is 11.1 Å². The first kappa shape index (κ1) is 28.1. The van der Waals surface area contributed by atoms with Crippen LogP contribution in [0.5, 0.6) is 0 Å². The number of nitrogens with two attached hydrogens (primary N) is 1. The van der Waals surface area contributed by atoms with Crippen molar-refractivity contribution in [3.63, 3.8) is 0 Å². The second-order valence-electron chi connectivity index (χ2n) is 10.8. The fraction of sp³-hybridized carbons (Fsp3) is 0.419. The lowest BCUT2D eigenvalue weighted by molar-refractivity contribution is 0.0879. The molecule has 0 spiro atoms. The minimum atomic E-state index is -0.305. The SMILES string of the molecule is COC(=O)N(Cc1cccc(-c2ccc(N3CCN(C)CC3)c(NC(=O)c3cccs3)c2)c1)C1CCC(N)CC1. The van der Waals surface area contributed by atoms with Gasteiger partial charge in [-0.25, -0.2) is 4.79 Å². The van der Waals surface area contributed by atoms with Gasteiger partial charge in [0.2, 0.25) is 0 Å². The van der Waals surface area contributed by atoms with E-state index in [1.807, 2.05) is 34.5 Å². The maximum Gasteiger partial charge on any atom is 0.410 e. The van der Waals surface area contributed by atoms with Gasteiger partial charge in [0, 0.05) is 44.8 Å². The summed E-state index contributed by atoms with van der Waals surface area (Å²) < 4.78 is 5.15. The van der Waals surface area contributed by atoms with Gasteiger partial charge < -0.3 is 30.5 Å². The number of amides is 2. The smallest absolute Gasteiger partial charge is 0.410 e. The van der Waals surface area contributed by atoms with Crippen LogP contribution in [0.25, 0.3) is 11.1 Å². The molecule has 1 aliphatic carbocycles. The number of anilines is 2. The molecule has 2 heterocycles. The summed E-state index contributed by atoms with van der Waals surface area (Å²) in [7, 11) is 3.58. The number of nitrogens with zero attached hydrogens (tertiary/aromatic N) is 3. The van der Waals surface area contributed by atoms with Crippen LogP contribution in [-0.2, 0) is 11.3 Å². The van der Waals surface area contributed by atoms with E-state index >= 15 is 0 Å². The van der Waals surface area contributed by atoms with E-state index in [1.54, 1.807) is 0 Å². The molecular weight excluding hydrogens is 522 g/mol. The molecule has 1 saturated carbocycles. The molecule has 212 valence electrons. The predicted molar refractivity (Wildman–Crippen MR) is 162 cm³/mol. The monoisotopic (exact) mass is 561 g/mol. The van der Waals surface area contributed by atoms with E-state index in [0.29, 0.717) is 11.4 Å². The van der Waals surface area contributed by atoms with Crippen molar-refractivity contribution >= 4 is 34.7 Å². The van der Waals surface area contributed by atoms with Crippen LogP contribution >= 0.6 is 11.3 Å². The van der Waals surface area contributed by atoms with Gasteiger partial charge in [0.15, 0.2) is 0 Å². The maximum absolute atomic E-state index is 13.1. The number of piperazine rings is 1. The Labute approximate surface area is 240 Å². The fourth-order valence-corrected chi connectivity index (χ4v) is 6.27. The Balaban J connectivity index is 1.41. The molecule has 1 aromatic heterocycles. The van der Waals surface area contributed by atoms with Crippen LogP contribution in [0.15, 0.2) is 60.0 Å². The Morgan fingerprint density at radius 2 is 1.75 bits per heavy atom. The molecule has 1 aliphatic heterocycles. The lowest BCUT2D eigenvalue weighted by atomic mass is 9.90. The zero-order valence-corrected chi connectivity index (χ0v) is 24.2. The van der Waals surface area contributed by atoms with Crippen molar-refractivity contribution in [3.05, 3.63) is 70.4 Å². The van der Waals surface area contributed by atoms with Crippen LogP contribution in [0, 0.1) is 0 Å². The molecule has 40 heavy (non-hydrogen) atoms. The van der Waals surface area contributed by atoms with Gasteiger partial charge in [-0.15, -0.1) is 11.3 Å². The summed E-state index contributed by atoms with van der Waals surface area (Å²) in [6.07, 6.45) is 3.30. The lowest BCUT2D eigenvalue weighted by Gasteiger charge is -2.35. The van der Waals surface area contributed by atoms with Crippen molar-refractivity contribution in [2.24, 2.45) is 5.73 Å². The third-order valence-electron chi connectivity index (χ3n) is 8.04. The highest BCUT2D eigenvalue weighted by Crippen LogP contribution is 2.34. The van der Waals surface area contributed by atoms with E-state index in [-0.39, 0.29) is 24.1 Å². The number of ether oxygens (including phenoxy) is 1. The quantitative estimate of drug-likeness (QED) is 0.409. The Morgan fingerprint density at radius 1 is 1.00 bits per heavy atom. The number of hydrogen-bond acceptors (Lipinski definition) is 7. The van der Waals surface area contributed by atoms with E-state index < -0.39 is 0 Å². The van der Waals surface area contributed by atoms with Crippen molar-refractivity contribution in [2.45, 2.75) is 44.3 Å². The number of nitrogens with one attached hydrogen (secondary N) is 1. The molecule has 2 fully saturated rings. The summed E-state index contributed by atoms with van der Waals surface area (Å²) in [6.45, 7) is 4.24. The van der Waals surface area contributed by atoms with Gasteiger partial charge in [0.25, 0.3) is 5.91 Å². The van der Waals surface area contributed by atoms with Gasteiger partial charge >= 0.3 is 6.09 Å². The number of rotatable bonds is 7. The second kappa shape index (κ2) is 12.8. The second-order valence-corrected chi connectivity index (χ2v) is 11.8. The maximum atomic E-state index is 13.1. The molecule has 0 bridgehead atoms. The van der Waals surface area contributed by atoms with Gasteiger partial charge in [-0.2, -0.15) is 0 Å². The van der Waals surface area contributed by atoms with Crippen molar-refractivity contribution in [1.29, 1.82) is 0 Å². The number of benzene rings is 2. The Kier molecular flexibility index (Phi) is 9.04. The van der Waals surface area contributed by atoms with Crippen LogP contribution < -0.4 is 16.0 Å². The fourth-order valence-electron chi connectivity index (χ4n) is 5.65. The summed E-state index contributed by atoms with van der Waals surface area (Å²) in [6, 6.07) is 18.6. The van der Waals surface area contributed by atoms with Crippen molar-refractivity contribution in [1.82, 2.24) is 9.80 Å². The first-order valence-corrected chi connectivity index (χ1v) is 14.9. The van der Waals surface area contributed by atoms with Crippen LogP contribution in [0.1, 0.15) is 40.9 Å². The van der Waals surface area contributed by atoms with Crippen LogP contribution in [0.2, 0.25) is 0 Å².